The molecule has 0 N–H and O–H groups in total. The molecule has 2 unspecified atom stereocenters. The Morgan fingerprint density at radius 1 is 1.40 bits per heavy atom. The van der Waals surface area contributed by atoms with Gasteiger partial charge in [-0.3, -0.25) is 0 Å². The number of benzene rings is 1. The first-order valence-electron chi connectivity index (χ1n) is 5.02. The van der Waals surface area contributed by atoms with Gasteiger partial charge in [0.25, 0.3) is 0 Å². The molecule has 0 radical (unpaired) electrons. The van der Waals surface area contributed by atoms with Crippen molar-refractivity contribution in [3.8, 4) is 5.75 Å². The Morgan fingerprint density at radius 3 is 2.60 bits per heavy atom. The standard InChI is InChI=1S/C12H16BrFO/c1-8(7-9(2)13)10-5-4-6-11(15-3)12(10)14/h4-6,8-9H,7H2,1-3H3. The lowest BCUT2D eigenvalue weighted by atomic mass is 9.96. The third-order valence-electron chi connectivity index (χ3n) is 2.42. The van der Waals surface area contributed by atoms with E-state index < -0.39 is 0 Å². The van der Waals surface area contributed by atoms with Gasteiger partial charge in [0, 0.05) is 4.83 Å². The van der Waals surface area contributed by atoms with Gasteiger partial charge in [-0.25, -0.2) is 4.39 Å². The van der Waals surface area contributed by atoms with E-state index in [2.05, 4.69) is 22.9 Å². The number of halogens is 2. The Labute approximate surface area is 98.8 Å². The van der Waals surface area contributed by atoms with Gasteiger partial charge in [-0.15, -0.1) is 0 Å². The number of methoxy groups -OCH3 is 1. The predicted octanol–water partition coefficient (Wildman–Crippen LogP) is 4.11. The quantitative estimate of drug-likeness (QED) is 0.751. The maximum absolute atomic E-state index is 13.8. The Bertz CT molecular complexity index is 325. The zero-order chi connectivity index (χ0) is 11.4. The molecule has 0 amide bonds. The number of hydrogen-bond acceptors (Lipinski definition) is 1. The minimum absolute atomic E-state index is 0.189. The van der Waals surface area contributed by atoms with Crippen LogP contribution in [0, 0.1) is 5.82 Å². The summed E-state index contributed by atoms with van der Waals surface area (Å²) in [6.45, 7) is 4.09. The van der Waals surface area contributed by atoms with Crippen molar-refractivity contribution in [2.24, 2.45) is 0 Å². The minimum atomic E-state index is -0.236. The predicted molar refractivity (Wildman–Crippen MR) is 64.4 cm³/mol. The number of ether oxygens (including phenoxy) is 1. The lowest BCUT2D eigenvalue weighted by Crippen LogP contribution is -2.04. The first kappa shape index (κ1) is 12.5. The van der Waals surface area contributed by atoms with Crippen LogP contribution in [0.5, 0.6) is 5.75 Å². The SMILES string of the molecule is COc1cccc(C(C)CC(C)Br)c1F. The topological polar surface area (TPSA) is 9.23 Å². The molecule has 0 fully saturated rings. The van der Waals surface area contributed by atoms with E-state index >= 15 is 0 Å². The van der Waals surface area contributed by atoms with Gasteiger partial charge in [0.2, 0.25) is 0 Å². The smallest absolute Gasteiger partial charge is 0.168 e. The van der Waals surface area contributed by atoms with Crippen LogP contribution in [0.4, 0.5) is 4.39 Å². The summed E-state index contributed by atoms with van der Waals surface area (Å²) in [5.74, 6) is 0.275. The monoisotopic (exact) mass is 274 g/mol. The second-order valence-corrected chi connectivity index (χ2v) is 5.34. The molecule has 1 rings (SSSR count). The molecule has 0 aromatic heterocycles. The molecule has 0 aliphatic heterocycles. The summed E-state index contributed by atoms with van der Waals surface area (Å²) < 4.78 is 18.8. The molecule has 0 saturated carbocycles. The van der Waals surface area contributed by atoms with Gasteiger partial charge in [0.15, 0.2) is 11.6 Å². The Kier molecular flexibility index (Phi) is 4.58. The molecule has 0 aliphatic carbocycles. The molecule has 15 heavy (non-hydrogen) atoms. The van der Waals surface area contributed by atoms with Crippen molar-refractivity contribution in [1.29, 1.82) is 0 Å². The maximum Gasteiger partial charge on any atom is 0.168 e. The molecular formula is C12H16BrFO. The van der Waals surface area contributed by atoms with E-state index in [1.165, 1.54) is 7.11 Å². The van der Waals surface area contributed by atoms with Gasteiger partial charge in [-0.1, -0.05) is 41.9 Å². The molecule has 0 saturated heterocycles. The van der Waals surface area contributed by atoms with Crippen LogP contribution in [0.1, 0.15) is 31.7 Å². The maximum atomic E-state index is 13.8. The third kappa shape index (κ3) is 3.20. The summed E-state index contributed by atoms with van der Waals surface area (Å²) in [7, 11) is 1.49. The van der Waals surface area contributed by atoms with Crippen LogP contribution in [-0.2, 0) is 0 Å². The highest BCUT2D eigenvalue weighted by atomic mass is 79.9. The van der Waals surface area contributed by atoms with Crippen molar-refractivity contribution in [2.75, 3.05) is 7.11 Å². The van der Waals surface area contributed by atoms with Crippen LogP contribution in [0.25, 0.3) is 0 Å². The highest BCUT2D eigenvalue weighted by Gasteiger charge is 2.15. The van der Waals surface area contributed by atoms with E-state index in [1.54, 1.807) is 6.07 Å². The second-order valence-electron chi connectivity index (χ2n) is 3.78. The third-order valence-corrected chi connectivity index (χ3v) is 2.80. The van der Waals surface area contributed by atoms with E-state index in [9.17, 15) is 4.39 Å². The Morgan fingerprint density at radius 2 is 2.07 bits per heavy atom. The molecule has 3 heteroatoms. The van der Waals surface area contributed by atoms with Gasteiger partial charge in [0.05, 0.1) is 7.11 Å². The second kappa shape index (κ2) is 5.50. The summed E-state index contributed by atoms with van der Waals surface area (Å²) in [5.41, 5.74) is 0.723. The molecule has 0 heterocycles. The first-order chi connectivity index (χ1) is 7.06. The fourth-order valence-electron chi connectivity index (χ4n) is 1.68. The zero-order valence-corrected chi connectivity index (χ0v) is 10.8. The molecule has 0 spiro atoms. The molecule has 1 aromatic carbocycles. The number of hydrogen-bond donors (Lipinski definition) is 0. The lowest BCUT2D eigenvalue weighted by molar-refractivity contribution is 0.382. The van der Waals surface area contributed by atoms with Crippen molar-refractivity contribution in [2.45, 2.75) is 31.0 Å². The Balaban J connectivity index is 2.93. The molecule has 0 bridgehead atoms. The summed E-state index contributed by atoms with van der Waals surface area (Å²) in [6, 6.07) is 5.29. The Hall–Kier alpha value is -0.570. The molecule has 84 valence electrons. The van der Waals surface area contributed by atoms with Gasteiger partial charge in [-0.2, -0.15) is 0 Å². The zero-order valence-electron chi connectivity index (χ0n) is 9.26. The molecule has 0 aliphatic rings. The van der Waals surface area contributed by atoms with Crippen LogP contribution < -0.4 is 4.74 Å². The van der Waals surface area contributed by atoms with Crippen molar-refractivity contribution in [3.05, 3.63) is 29.6 Å². The average Bonchev–Trinajstić information content (AvgIpc) is 2.17. The fraction of sp³-hybridized carbons (Fsp3) is 0.500. The van der Waals surface area contributed by atoms with E-state index in [1.807, 2.05) is 19.1 Å². The molecule has 1 aromatic rings. The van der Waals surface area contributed by atoms with Crippen LogP contribution in [-0.4, -0.2) is 11.9 Å². The van der Waals surface area contributed by atoms with Gasteiger partial charge >= 0.3 is 0 Å². The van der Waals surface area contributed by atoms with Crippen molar-refractivity contribution < 1.29 is 9.13 Å². The molecule has 2 atom stereocenters. The highest BCUT2D eigenvalue weighted by molar-refractivity contribution is 9.09. The highest BCUT2D eigenvalue weighted by Crippen LogP contribution is 2.29. The molecule has 1 nitrogen and oxygen atoms in total. The van der Waals surface area contributed by atoms with Crippen LogP contribution in [0.3, 0.4) is 0 Å². The molecular weight excluding hydrogens is 259 g/mol. The summed E-state index contributed by atoms with van der Waals surface area (Å²) in [6.07, 6.45) is 0.907. The van der Waals surface area contributed by atoms with Crippen LogP contribution in [0.2, 0.25) is 0 Å². The van der Waals surface area contributed by atoms with Gasteiger partial charge < -0.3 is 4.74 Å². The van der Waals surface area contributed by atoms with Crippen LogP contribution >= 0.6 is 15.9 Å². The first-order valence-corrected chi connectivity index (χ1v) is 5.94. The fourth-order valence-corrected chi connectivity index (χ4v) is 2.24. The summed E-state index contributed by atoms with van der Waals surface area (Å²) >= 11 is 3.48. The van der Waals surface area contributed by atoms with Crippen molar-refractivity contribution >= 4 is 15.9 Å². The summed E-state index contributed by atoms with van der Waals surface area (Å²) in [4.78, 5) is 0.387. The van der Waals surface area contributed by atoms with Crippen LogP contribution in [0.15, 0.2) is 18.2 Å². The summed E-state index contributed by atoms with van der Waals surface area (Å²) in [5, 5.41) is 0. The number of alkyl halides is 1. The average molecular weight is 275 g/mol. The van der Waals surface area contributed by atoms with Crippen molar-refractivity contribution in [3.63, 3.8) is 0 Å². The van der Waals surface area contributed by atoms with Gasteiger partial charge in [-0.05, 0) is 24.0 Å². The van der Waals surface area contributed by atoms with E-state index in [0.29, 0.717) is 10.6 Å². The minimum Gasteiger partial charge on any atom is -0.494 e. The van der Waals surface area contributed by atoms with E-state index in [-0.39, 0.29) is 11.7 Å². The largest absolute Gasteiger partial charge is 0.494 e. The van der Waals surface area contributed by atoms with Gasteiger partial charge in [0.1, 0.15) is 0 Å². The lowest BCUT2D eigenvalue weighted by Gasteiger charge is -2.15. The van der Waals surface area contributed by atoms with Crippen molar-refractivity contribution in [1.82, 2.24) is 0 Å². The van der Waals surface area contributed by atoms with E-state index in [4.69, 9.17) is 4.74 Å². The number of rotatable bonds is 4. The van der Waals surface area contributed by atoms with E-state index in [0.717, 1.165) is 12.0 Å². The normalized spacial score (nSPS) is 14.7.